The molecule has 2 aliphatic heterocycles. The quantitative estimate of drug-likeness (QED) is 0.485. The van der Waals surface area contributed by atoms with Gasteiger partial charge in [0, 0.05) is 48.8 Å². The number of hydrogen-bond acceptors (Lipinski definition) is 6. The predicted octanol–water partition coefficient (Wildman–Crippen LogP) is 4.43. The van der Waals surface area contributed by atoms with E-state index in [4.69, 9.17) is 9.72 Å². The lowest BCUT2D eigenvalue weighted by molar-refractivity contribution is 0.0557. The summed E-state index contributed by atoms with van der Waals surface area (Å²) in [4.78, 5) is 20.3. The van der Waals surface area contributed by atoms with Gasteiger partial charge in [-0.25, -0.2) is 19.3 Å². The molecule has 6 nitrogen and oxygen atoms in total. The van der Waals surface area contributed by atoms with Crippen molar-refractivity contribution in [3.05, 3.63) is 72.6 Å². The Hall–Kier alpha value is -3.45. The second kappa shape index (κ2) is 7.06. The molecule has 0 saturated carbocycles. The number of benzene rings is 1. The fraction of sp³-hybridized carbons (Fsp3) is 0.250. The van der Waals surface area contributed by atoms with Crippen LogP contribution in [0.15, 0.2) is 61.2 Å². The second-order valence-electron chi connectivity index (χ2n) is 8.14. The Balaban J connectivity index is 1.52. The highest BCUT2D eigenvalue weighted by Gasteiger charge is 2.45. The summed E-state index contributed by atoms with van der Waals surface area (Å²) in [6.07, 6.45) is 6.82. The van der Waals surface area contributed by atoms with Gasteiger partial charge in [-0.05, 0) is 60.9 Å². The van der Waals surface area contributed by atoms with Crippen LogP contribution < -0.4 is 4.90 Å². The molecule has 5 heterocycles. The molecule has 1 aromatic carbocycles. The Labute approximate surface area is 178 Å². The average molecular weight is 413 g/mol. The molecule has 0 atom stereocenters. The molecule has 1 fully saturated rings. The van der Waals surface area contributed by atoms with E-state index in [1.54, 1.807) is 24.8 Å². The SMILES string of the molecule is Fc1ccc2c(c1)C1(CCOCC1)CN2c1ncnc2ccc(-c3cccnc3)nc12. The van der Waals surface area contributed by atoms with Crippen LogP contribution in [0, 0.1) is 5.82 Å². The van der Waals surface area contributed by atoms with Gasteiger partial charge in [-0.3, -0.25) is 4.98 Å². The molecule has 7 heteroatoms. The minimum atomic E-state index is -0.212. The maximum atomic E-state index is 14.2. The van der Waals surface area contributed by atoms with Gasteiger partial charge >= 0.3 is 0 Å². The van der Waals surface area contributed by atoms with Gasteiger partial charge in [0.25, 0.3) is 0 Å². The van der Waals surface area contributed by atoms with Crippen LogP contribution in [0.4, 0.5) is 15.9 Å². The van der Waals surface area contributed by atoms with Crippen LogP contribution in [0.2, 0.25) is 0 Å². The zero-order valence-electron chi connectivity index (χ0n) is 16.8. The summed E-state index contributed by atoms with van der Waals surface area (Å²) in [5.74, 6) is 0.531. The van der Waals surface area contributed by atoms with Crippen LogP contribution in [-0.4, -0.2) is 39.7 Å². The van der Waals surface area contributed by atoms with E-state index in [-0.39, 0.29) is 11.2 Å². The highest BCUT2D eigenvalue weighted by Crippen LogP contribution is 2.49. The summed E-state index contributed by atoms with van der Waals surface area (Å²) < 4.78 is 19.9. The Bertz CT molecular complexity index is 1270. The second-order valence-corrected chi connectivity index (χ2v) is 8.14. The van der Waals surface area contributed by atoms with Gasteiger partial charge in [-0.2, -0.15) is 0 Å². The van der Waals surface area contributed by atoms with Crippen LogP contribution in [-0.2, 0) is 10.2 Å². The van der Waals surface area contributed by atoms with Gasteiger partial charge in [-0.1, -0.05) is 0 Å². The monoisotopic (exact) mass is 413 g/mol. The lowest BCUT2D eigenvalue weighted by atomic mass is 9.76. The van der Waals surface area contributed by atoms with Crippen molar-refractivity contribution in [3.8, 4) is 11.3 Å². The molecule has 0 aliphatic carbocycles. The first-order valence-electron chi connectivity index (χ1n) is 10.4. The maximum Gasteiger partial charge on any atom is 0.163 e. The van der Waals surface area contributed by atoms with E-state index < -0.39 is 0 Å². The third kappa shape index (κ3) is 2.96. The van der Waals surface area contributed by atoms with Gasteiger partial charge in [0.15, 0.2) is 5.82 Å². The molecular weight excluding hydrogens is 393 g/mol. The largest absolute Gasteiger partial charge is 0.381 e. The lowest BCUT2D eigenvalue weighted by Gasteiger charge is -2.34. The fourth-order valence-corrected chi connectivity index (χ4v) is 4.82. The van der Waals surface area contributed by atoms with Crippen LogP contribution in [0.5, 0.6) is 0 Å². The zero-order valence-corrected chi connectivity index (χ0v) is 16.8. The van der Waals surface area contributed by atoms with E-state index in [1.165, 1.54) is 6.07 Å². The van der Waals surface area contributed by atoms with E-state index in [0.29, 0.717) is 13.2 Å². The van der Waals surface area contributed by atoms with Crippen molar-refractivity contribution in [2.75, 3.05) is 24.7 Å². The number of pyridine rings is 2. The summed E-state index contributed by atoms with van der Waals surface area (Å²) in [5.41, 5.74) is 5.12. The smallest absolute Gasteiger partial charge is 0.163 e. The molecule has 3 aromatic heterocycles. The van der Waals surface area contributed by atoms with E-state index in [1.807, 2.05) is 30.3 Å². The van der Waals surface area contributed by atoms with Crippen LogP contribution >= 0.6 is 0 Å². The lowest BCUT2D eigenvalue weighted by Crippen LogP contribution is -2.37. The number of hydrogen-bond donors (Lipinski definition) is 0. The number of halogens is 1. The Morgan fingerprint density at radius 2 is 1.94 bits per heavy atom. The number of rotatable bonds is 2. The van der Waals surface area contributed by atoms with Crippen molar-refractivity contribution >= 4 is 22.5 Å². The normalized spacial score (nSPS) is 17.3. The summed E-state index contributed by atoms with van der Waals surface area (Å²) in [6.45, 7) is 2.08. The Morgan fingerprint density at radius 3 is 2.77 bits per heavy atom. The van der Waals surface area contributed by atoms with E-state index >= 15 is 0 Å². The number of ether oxygens (including phenoxy) is 1. The molecule has 154 valence electrons. The summed E-state index contributed by atoms with van der Waals surface area (Å²) >= 11 is 0. The molecule has 2 aliphatic rings. The molecule has 0 radical (unpaired) electrons. The van der Waals surface area contributed by atoms with Crippen molar-refractivity contribution in [2.24, 2.45) is 0 Å². The van der Waals surface area contributed by atoms with Gasteiger partial charge in [0.05, 0.1) is 11.2 Å². The van der Waals surface area contributed by atoms with E-state index in [9.17, 15) is 4.39 Å². The number of nitrogens with zero attached hydrogens (tertiary/aromatic N) is 5. The van der Waals surface area contributed by atoms with E-state index in [0.717, 1.165) is 58.7 Å². The molecule has 0 bridgehead atoms. The number of anilines is 2. The number of fused-ring (bicyclic) bond motifs is 3. The minimum absolute atomic E-state index is 0.145. The highest BCUT2D eigenvalue weighted by molar-refractivity contribution is 5.91. The predicted molar refractivity (Wildman–Crippen MR) is 116 cm³/mol. The molecular formula is C24H20FN5O. The van der Waals surface area contributed by atoms with Gasteiger partial charge in [0.1, 0.15) is 17.7 Å². The first-order chi connectivity index (χ1) is 15.2. The molecule has 0 unspecified atom stereocenters. The highest BCUT2D eigenvalue weighted by atomic mass is 19.1. The zero-order chi connectivity index (χ0) is 20.8. The van der Waals surface area contributed by atoms with Crippen molar-refractivity contribution in [1.29, 1.82) is 0 Å². The summed E-state index contributed by atoms with van der Waals surface area (Å²) in [7, 11) is 0. The first-order valence-corrected chi connectivity index (χ1v) is 10.4. The first kappa shape index (κ1) is 18.3. The van der Waals surface area contributed by atoms with Crippen molar-refractivity contribution in [1.82, 2.24) is 19.9 Å². The summed E-state index contributed by atoms with van der Waals surface area (Å²) in [6, 6.07) is 12.8. The Morgan fingerprint density at radius 1 is 1.03 bits per heavy atom. The van der Waals surface area contributed by atoms with Gasteiger partial charge in [-0.15, -0.1) is 0 Å². The molecule has 1 saturated heterocycles. The average Bonchev–Trinajstić information content (AvgIpc) is 3.12. The third-order valence-electron chi connectivity index (χ3n) is 6.41. The van der Waals surface area contributed by atoms with E-state index in [2.05, 4.69) is 19.9 Å². The van der Waals surface area contributed by atoms with Crippen molar-refractivity contribution < 1.29 is 9.13 Å². The van der Waals surface area contributed by atoms with Gasteiger partial charge in [0.2, 0.25) is 0 Å². The van der Waals surface area contributed by atoms with Crippen LogP contribution in [0.1, 0.15) is 18.4 Å². The standard InChI is InChI=1S/C24H20FN5O/c25-17-3-6-21-18(12-17)24(7-10-31-11-8-24)14-30(21)23-22-20(27-15-28-23)5-4-19(29-22)16-2-1-9-26-13-16/h1-6,9,12-13,15H,7-8,10-11,14H2. The topological polar surface area (TPSA) is 64.0 Å². The molecule has 0 N–H and O–H groups in total. The fourth-order valence-electron chi connectivity index (χ4n) is 4.82. The summed E-state index contributed by atoms with van der Waals surface area (Å²) in [5, 5.41) is 0. The molecule has 4 aromatic rings. The Kier molecular flexibility index (Phi) is 4.17. The molecule has 1 spiro atoms. The molecule has 31 heavy (non-hydrogen) atoms. The molecule has 0 amide bonds. The van der Waals surface area contributed by atoms with Gasteiger partial charge < -0.3 is 9.64 Å². The molecule has 6 rings (SSSR count). The van der Waals surface area contributed by atoms with Crippen molar-refractivity contribution in [3.63, 3.8) is 0 Å². The van der Waals surface area contributed by atoms with Crippen LogP contribution in [0.25, 0.3) is 22.3 Å². The third-order valence-corrected chi connectivity index (χ3v) is 6.41. The van der Waals surface area contributed by atoms with Crippen LogP contribution in [0.3, 0.4) is 0 Å². The number of aromatic nitrogens is 4. The maximum absolute atomic E-state index is 14.2. The van der Waals surface area contributed by atoms with Crippen molar-refractivity contribution in [2.45, 2.75) is 18.3 Å². The minimum Gasteiger partial charge on any atom is -0.381 e.